The number of nitrogens with one attached hydrogen (secondary N) is 1. The van der Waals surface area contributed by atoms with Gasteiger partial charge in [0.05, 0.1) is 24.0 Å². The SMILES string of the molecule is COc1ccc(-c2nnc(SCC(=O)N/N=C\c3cc([N+](=O)[O-])ccc3Cl)n2-c2ccc(Cl)cc2)cc1. The maximum Gasteiger partial charge on any atom is 0.270 e. The van der Waals surface area contributed by atoms with Crippen molar-refractivity contribution in [2.45, 2.75) is 5.16 Å². The highest BCUT2D eigenvalue weighted by molar-refractivity contribution is 7.99. The molecule has 3 aromatic carbocycles. The van der Waals surface area contributed by atoms with Gasteiger partial charge in [0, 0.05) is 39.0 Å². The van der Waals surface area contributed by atoms with E-state index >= 15 is 0 Å². The van der Waals surface area contributed by atoms with Gasteiger partial charge in [-0.25, -0.2) is 5.43 Å². The first-order valence-corrected chi connectivity index (χ1v) is 12.3. The first-order chi connectivity index (χ1) is 17.9. The summed E-state index contributed by atoms with van der Waals surface area (Å²) in [6.07, 6.45) is 1.25. The second kappa shape index (κ2) is 11.9. The number of thioether (sulfide) groups is 1. The molecule has 1 aromatic heterocycles. The largest absolute Gasteiger partial charge is 0.497 e. The van der Waals surface area contributed by atoms with Crippen LogP contribution < -0.4 is 10.2 Å². The number of hydrazone groups is 1. The predicted molar refractivity (Wildman–Crippen MR) is 143 cm³/mol. The van der Waals surface area contributed by atoms with Gasteiger partial charge in [-0.1, -0.05) is 35.0 Å². The quantitative estimate of drug-likeness (QED) is 0.126. The van der Waals surface area contributed by atoms with Gasteiger partial charge in [-0.15, -0.1) is 10.2 Å². The number of aromatic nitrogens is 3. The van der Waals surface area contributed by atoms with Crippen molar-refractivity contribution in [2.24, 2.45) is 5.10 Å². The Morgan fingerprint density at radius 1 is 1.14 bits per heavy atom. The van der Waals surface area contributed by atoms with Crippen LogP contribution in [0.4, 0.5) is 5.69 Å². The van der Waals surface area contributed by atoms with E-state index in [1.54, 1.807) is 19.2 Å². The Morgan fingerprint density at radius 2 is 1.86 bits per heavy atom. The fourth-order valence-corrected chi connectivity index (χ4v) is 4.23. The Hall–Kier alpha value is -3.93. The molecule has 0 radical (unpaired) electrons. The van der Waals surface area contributed by atoms with Gasteiger partial charge in [-0.05, 0) is 54.6 Å². The Bertz CT molecular complexity index is 1460. The average molecular weight is 557 g/mol. The summed E-state index contributed by atoms with van der Waals surface area (Å²) in [7, 11) is 1.59. The molecule has 0 aliphatic heterocycles. The van der Waals surface area contributed by atoms with Gasteiger partial charge in [-0.2, -0.15) is 5.10 Å². The molecule has 10 nitrogen and oxygen atoms in total. The summed E-state index contributed by atoms with van der Waals surface area (Å²) in [6, 6.07) is 18.5. The van der Waals surface area contributed by atoms with Crippen molar-refractivity contribution < 1.29 is 14.5 Å². The minimum Gasteiger partial charge on any atom is -0.497 e. The van der Waals surface area contributed by atoms with E-state index < -0.39 is 10.8 Å². The molecule has 1 heterocycles. The van der Waals surface area contributed by atoms with Gasteiger partial charge in [0.1, 0.15) is 5.75 Å². The first-order valence-electron chi connectivity index (χ1n) is 10.6. The van der Waals surface area contributed by atoms with Crippen LogP contribution in [0.15, 0.2) is 77.0 Å². The molecule has 1 amide bonds. The number of nitro groups is 1. The molecular formula is C24H18Cl2N6O4S. The Kier molecular flexibility index (Phi) is 8.39. The Morgan fingerprint density at radius 3 is 2.54 bits per heavy atom. The number of methoxy groups -OCH3 is 1. The summed E-state index contributed by atoms with van der Waals surface area (Å²) in [4.78, 5) is 22.8. The van der Waals surface area contributed by atoms with Crippen LogP contribution in [0, 0.1) is 10.1 Å². The molecule has 188 valence electrons. The smallest absolute Gasteiger partial charge is 0.270 e. The van der Waals surface area contributed by atoms with E-state index in [1.807, 2.05) is 41.0 Å². The van der Waals surface area contributed by atoms with E-state index in [9.17, 15) is 14.9 Å². The van der Waals surface area contributed by atoms with E-state index in [2.05, 4.69) is 20.7 Å². The van der Waals surface area contributed by atoms with Crippen LogP contribution in [0.5, 0.6) is 5.75 Å². The lowest BCUT2D eigenvalue weighted by molar-refractivity contribution is -0.384. The second-order valence-electron chi connectivity index (χ2n) is 7.39. The van der Waals surface area contributed by atoms with Crippen molar-refractivity contribution in [1.82, 2.24) is 20.2 Å². The van der Waals surface area contributed by atoms with E-state index in [-0.39, 0.29) is 16.5 Å². The molecule has 0 aliphatic rings. The molecule has 0 atom stereocenters. The third-order valence-electron chi connectivity index (χ3n) is 4.98. The molecule has 13 heteroatoms. The van der Waals surface area contributed by atoms with E-state index in [4.69, 9.17) is 27.9 Å². The zero-order valence-electron chi connectivity index (χ0n) is 19.2. The van der Waals surface area contributed by atoms with Gasteiger partial charge in [0.25, 0.3) is 11.6 Å². The summed E-state index contributed by atoms with van der Waals surface area (Å²) < 4.78 is 7.05. The number of nitrogens with zero attached hydrogens (tertiary/aromatic N) is 5. The number of rotatable bonds is 9. The van der Waals surface area contributed by atoms with E-state index in [1.165, 1.54) is 24.4 Å². The van der Waals surface area contributed by atoms with Crippen LogP contribution in [0.2, 0.25) is 10.0 Å². The summed E-state index contributed by atoms with van der Waals surface area (Å²) in [5, 5.41) is 24.8. The minimum atomic E-state index is -0.542. The molecule has 4 rings (SSSR count). The number of nitro benzene ring substituents is 1. The van der Waals surface area contributed by atoms with Crippen molar-refractivity contribution in [1.29, 1.82) is 0 Å². The zero-order chi connectivity index (χ0) is 26.4. The number of benzene rings is 3. The monoisotopic (exact) mass is 556 g/mol. The van der Waals surface area contributed by atoms with Crippen molar-refractivity contribution in [3.63, 3.8) is 0 Å². The lowest BCUT2D eigenvalue weighted by Gasteiger charge is -2.11. The molecule has 0 fully saturated rings. The van der Waals surface area contributed by atoms with Crippen LogP contribution >= 0.6 is 35.0 Å². The average Bonchev–Trinajstić information content (AvgIpc) is 3.33. The first kappa shape index (κ1) is 26.1. The van der Waals surface area contributed by atoms with Gasteiger partial charge >= 0.3 is 0 Å². The van der Waals surface area contributed by atoms with Crippen LogP contribution in [0.1, 0.15) is 5.56 Å². The van der Waals surface area contributed by atoms with Crippen molar-refractivity contribution in [3.8, 4) is 22.8 Å². The van der Waals surface area contributed by atoms with Crippen LogP contribution in [0.3, 0.4) is 0 Å². The highest BCUT2D eigenvalue weighted by Gasteiger charge is 2.17. The van der Waals surface area contributed by atoms with Gasteiger partial charge in [0.2, 0.25) is 0 Å². The molecule has 37 heavy (non-hydrogen) atoms. The van der Waals surface area contributed by atoms with Crippen LogP contribution in [-0.2, 0) is 4.79 Å². The van der Waals surface area contributed by atoms with Crippen LogP contribution in [-0.4, -0.2) is 44.7 Å². The van der Waals surface area contributed by atoms with Gasteiger partial charge in [-0.3, -0.25) is 19.5 Å². The normalized spacial score (nSPS) is 11.0. The zero-order valence-corrected chi connectivity index (χ0v) is 21.5. The molecule has 0 saturated heterocycles. The maximum atomic E-state index is 12.4. The molecule has 0 unspecified atom stereocenters. The number of halogens is 2. The fraction of sp³-hybridized carbons (Fsp3) is 0.0833. The summed E-state index contributed by atoms with van der Waals surface area (Å²) in [5.41, 5.74) is 4.12. The topological polar surface area (TPSA) is 125 Å². The van der Waals surface area contributed by atoms with Crippen molar-refractivity contribution >= 4 is 52.8 Å². The molecule has 1 N–H and O–H groups in total. The second-order valence-corrected chi connectivity index (χ2v) is 9.18. The number of hydrogen-bond donors (Lipinski definition) is 1. The Balaban J connectivity index is 1.51. The molecule has 0 spiro atoms. The van der Waals surface area contributed by atoms with Crippen molar-refractivity contribution in [2.75, 3.05) is 12.9 Å². The van der Waals surface area contributed by atoms with Crippen molar-refractivity contribution in [3.05, 3.63) is 92.5 Å². The maximum absolute atomic E-state index is 12.4. The molecule has 0 bridgehead atoms. The number of hydrogen-bond acceptors (Lipinski definition) is 8. The highest BCUT2D eigenvalue weighted by atomic mass is 35.5. The molecule has 4 aromatic rings. The number of ether oxygens (including phenoxy) is 1. The molecular weight excluding hydrogens is 539 g/mol. The van der Waals surface area contributed by atoms with Gasteiger partial charge in [0.15, 0.2) is 11.0 Å². The molecule has 0 saturated carbocycles. The number of non-ortho nitro benzene ring substituents is 1. The summed E-state index contributed by atoms with van der Waals surface area (Å²) in [6.45, 7) is 0. The van der Waals surface area contributed by atoms with Gasteiger partial charge < -0.3 is 4.74 Å². The standard InChI is InChI=1S/C24H18Cl2N6O4S/c1-36-20-9-2-15(3-10-20)23-29-30-24(31(23)18-6-4-17(25)5-7-18)37-14-22(33)28-27-13-16-12-19(32(34)35)8-11-21(16)26/h2-13H,14H2,1H3,(H,28,33)/b27-13-. The van der Waals surface area contributed by atoms with Crippen LogP contribution in [0.25, 0.3) is 17.1 Å². The lowest BCUT2D eigenvalue weighted by Crippen LogP contribution is -2.20. The summed E-state index contributed by atoms with van der Waals surface area (Å²) in [5.74, 6) is 0.846. The highest BCUT2D eigenvalue weighted by Crippen LogP contribution is 2.29. The number of amides is 1. The third kappa shape index (κ3) is 6.45. The fourth-order valence-electron chi connectivity index (χ4n) is 3.19. The van der Waals surface area contributed by atoms with E-state index in [0.29, 0.717) is 27.3 Å². The molecule has 0 aliphatic carbocycles. The Labute approximate surface area is 225 Å². The van der Waals surface area contributed by atoms with E-state index in [0.717, 1.165) is 23.0 Å². The third-order valence-corrected chi connectivity index (χ3v) is 6.51. The minimum absolute atomic E-state index is 0.0195. The lowest BCUT2D eigenvalue weighted by atomic mass is 10.2. The predicted octanol–water partition coefficient (Wildman–Crippen LogP) is 5.40. The summed E-state index contributed by atoms with van der Waals surface area (Å²) >= 11 is 13.3. The number of carbonyl (C=O) groups excluding carboxylic acids is 1. The number of carbonyl (C=O) groups is 1.